The molecule has 1 aromatic heterocycles. The first-order valence-corrected chi connectivity index (χ1v) is 9.60. The molecule has 0 aliphatic carbocycles. The van der Waals surface area contributed by atoms with Gasteiger partial charge in [-0.05, 0) is 24.7 Å². The Kier molecular flexibility index (Phi) is 5.76. The molecule has 1 aliphatic heterocycles. The van der Waals surface area contributed by atoms with Gasteiger partial charge >= 0.3 is 0 Å². The lowest BCUT2D eigenvalue weighted by atomic mass is 10.0. The molecule has 30 heavy (non-hydrogen) atoms. The first kappa shape index (κ1) is 20.0. The van der Waals surface area contributed by atoms with Crippen molar-refractivity contribution in [2.45, 2.75) is 12.6 Å². The lowest BCUT2D eigenvalue weighted by molar-refractivity contribution is 0.0536. The number of likely N-dealkylation sites (N-methyl/N-ethyl adjacent to an activating group) is 1. The van der Waals surface area contributed by atoms with Crippen molar-refractivity contribution in [2.75, 3.05) is 26.7 Å². The number of hydrogen-bond donors (Lipinski definition) is 0. The monoisotopic (exact) mass is 413 g/mol. The molecule has 0 bridgehead atoms. The number of amides is 1. The third-order valence-electron chi connectivity index (χ3n) is 5.18. The van der Waals surface area contributed by atoms with Crippen LogP contribution in [0.5, 0.6) is 5.75 Å². The van der Waals surface area contributed by atoms with E-state index in [1.54, 1.807) is 4.90 Å². The van der Waals surface area contributed by atoms with Crippen molar-refractivity contribution in [3.63, 3.8) is 0 Å². The molecule has 1 saturated heterocycles. The number of para-hydroxylation sites is 1. The van der Waals surface area contributed by atoms with Crippen LogP contribution >= 0.6 is 0 Å². The Morgan fingerprint density at radius 2 is 1.87 bits per heavy atom. The van der Waals surface area contributed by atoms with Gasteiger partial charge in [-0.15, -0.1) is 0 Å². The van der Waals surface area contributed by atoms with E-state index in [1.807, 2.05) is 37.4 Å². The maximum absolute atomic E-state index is 13.7. The van der Waals surface area contributed by atoms with E-state index in [2.05, 4.69) is 10.1 Å². The molecular formula is C22H21F2N3O3. The van der Waals surface area contributed by atoms with Crippen LogP contribution in [0.15, 0.2) is 59.1 Å². The van der Waals surface area contributed by atoms with Gasteiger partial charge in [0.05, 0.1) is 6.04 Å². The Labute approximate surface area is 172 Å². The first-order valence-electron chi connectivity index (χ1n) is 9.60. The highest BCUT2D eigenvalue weighted by atomic mass is 19.1. The summed E-state index contributed by atoms with van der Waals surface area (Å²) in [4.78, 5) is 16.8. The highest BCUT2D eigenvalue weighted by Gasteiger charge is 2.30. The number of carbonyl (C=O) groups is 1. The standard InChI is InChI=1S/C22H21F2N3O3/c1-26-10-11-27(13-20(26)15-6-3-2-4-7-15)22(28)19-12-16(30-25-19)14-29-21-17(23)8-5-9-18(21)24/h2-9,12,20H,10-11,13-14H2,1H3/t20-/m1/s1. The summed E-state index contributed by atoms with van der Waals surface area (Å²) in [6.45, 7) is 1.58. The normalized spacial score (nSPS) is 17.2. The first-order chi connectivity index (χ1) is 14.5. The second-order valence-electron chi connectivity index (χ2n) is 7.18. The third kappa shape index (κ3) is 4.18. The number of benzene rings is 2. The topological polar surface area (TPSA) is 58.8 Å². The van der Waals surface area contributed by atoms with Gasteiger partial charge in [0.15, 0.2) is 28.8 Å². The average molecular weight is 413 g/mol. The summed E-state index contributed by atoms with van der Waals surface area (Å²) in [5.41, 5.74) is 1.28. The van der Waals surface area contributed by atoms with Crippen LogP contribution in [0.1, 0.15) is 27.9 Å². The molecule has 0 N–H and O–H groups in total. The number of halogens is 2. The van der Waals surface area contributed by atoms with E-state index in [9.17, 15) is 13.6 Å². The van der Waals surface area contributed by atoms with Gasteiger partial charge in [0.25, 0.3) is 5.91 Å². The quantitative estimate of drug-likeness (QED) is 0.639. The number of nitrogens with zero attached hydrogens (tertiary/aromatic N) is 3. The summed E-state index contributed by atoms with van der Waals surface area (Å²) in [5.74, 6) is -2.16. The Morgan fingerprint density at radius 3 is 2.60 bits per heavy atom. The van der Waals surface area contributed by atoms with Crippen LogP contribution in [0.25, 0.3) is 0 Å². The van der Waals surface area contributed by atoms with Gasteiger partial charge in [-0.25, -0.2) is 8.78 Å². The Bertz CT molecular complexity index is 1010. The van der Waals surface area contributed by atoms with Crippen LogP contribution < -0.4 is 4.74 Å². The summed E-state index contributed by atoms with van der Waals surface area (Å²) < 4.78 is 37.6. The van der Waals surface area contributed by atoms with Crippen LogP contribution in [0.4, 0.5) is 8.78 Å². The molecule has 6 nitrogen and oxygen atoms in total. The molecule has 0 unspecified atom stereocenters. The summed E-state index contributed by atoms with van der Waals surface area (Å²) in [5, 5.41) is 3.82. The predicted molar refractivity (Wildman–Crippen MR) is 105 cm³/mol. The van der Waals surface area contributed by atoms with Crippen molar-refractivity contribution in [3.05, 3.63) is 83.2 Å². The molecule has 1 amide bonds. The van der Waals surface area contributed by atoms with Crippen molar-refractivity contribution in [2.24, 2.45) is 0 Å². The van der Waals surface area contributed by atoms with Gasteiger partial charge in [0, 0.05) is 25.7 Å². The molecule has 0 spiro atoms. The molecule has 2 heterocycles. The minimum absolute atomic E-state index is 0.0858. The fourth-order valence-corrected chi connectivity index (χ4v) is 3.50. The van der Waals surface area contributed by atoms with Gasteiger partial charge in [0.1, 0.15) is 6.61 Å². The van der Waals surface area contributed by atoms with Gasteiger partial charge in [-0.3, -0.25) is 9.69 Å². The molecule has 8 heteroatoms. The van der Waals surface area contributed by atoms with Crippen molar-refractivity contribution < 1.29 is 22.8 Å². The minimum atomic E-state index is -0.810. The summed E-state index contributed by atoms with van der Waals surface area (Å²) in [6, 6.07) is 15.0. The van der Waals surface area contributed by atoms with E-state index in [4.69, 9.17) is 9.26 Å². The lowest BCUT2D eigenvalue weighted by Crippen LogP contribution is -2.49. The zero-order chi connectivity index (χ0) is 21.1. The van der Waals surface area contributed by atoms with Crippen LogP contribution in [-0.2, 0) is 6.61 Å². The zero-order valence-electron chi connectivity index (χ0n) is 16.4. The second-order valence-corrected chi connectivity index (χ2v) is 7.18. The van der Waals surface area contributed by atoms with Crippen molar-refractivity contribution >= 4 is 5.91 Å². The molecule has 156 valence electrons. The van der Waals surface area contributed by atoms with Gasteiger partial charge in [-0.2, -0.15) is 0 Å². The van der Waals surface area contributed by atoms with Crippen LogP contribution in [0.2, 0.25) is 0 Å². The van der Waals surface area contributed by atoms with Gasteiger partial charge < -0.3 is 14.2 Å². The largest absolute Gasteiger partial charge is 0.479 e. The summed E-state index contributed by atoms with van der Waals surface area (Å²) >= 11 is 0. The number of rotatable bonds is 5. The van der Waals surface area contributed by atoms with Crippen LogP contribution in [0, 0.1) is 11.6 Å². The molecule has 0 saturated carbocycles. The summed E-state index contributed by atoms with van der Waals surface area (Å²) in [6.07, 6.45) is 0. The second kappa shape index (κ2) is 8.62. The van der Waals surface area contributed by atoms with E-state index in [1.165, 1.54) is 12.1 Å². The van der Waals surface area contributed by atoms with Crippen molar-refractivity contribution in [1.29, 1.82) is 0 Å². The minimum Gasteiger partial charge on any atom is -0.479 e. The van der Waals surface area contributed by atoms with E-state index in [-0.39, 0.29) is 30.0 Å². The molecule has 1 aliphatic rings. The molecule has 2 aromatic carbocycles. The maximum Gasteiger partial charge on any atom is 0.276 e. The number of carbonyl (C=O) groups excluding carboxylic acids is 1. The fraction of sp³-hybridized carbons (Fsp3) is 0.273. The number of aromatic nitrogens is 1. The molecule has 1 fully saturated rings. The Hall–Kier alpha value is -3.26. The predicted octanol–water partition coefficient (Wildman–Crippen LogP) is 3.66. The smallest absolute Gasteiger partial charge is 0.276 e. The molecule has 4 rings (SSSR count). The number of ether oxygens (including phenoxy) is 1. The van der Waals surface area contributed by atoms with E-state index >= 15 is 0 Å². The van der Waals surface area contributed by atoms with Crippen molar-refractivity contribution in [3.8, 4) is 5.75 Å². The number of hydrogen-bond acceptors (Lipinski definition) is 5. The lowest BCUT2D eigenvalue weighted by Gasteiger charge is -2.39. The van der Waals surface area contributed by atoms with E-state index in [0.717, 1.165) is 24.2 Å². The zero-order valence-corrected chi connectivity index (χ0v) is 16.4. The van der Waals surface area contributed by atoms with Crippen LogP contribution in [0.3, 0.4) is 0 Å². The Balaban J connectivity index is 1.42. The number of piperazine rings is 1. The SMILES string of the molecule is CN1CCN(C(=O)c2cc(COc3c(F)cccc3F)on2)C[C@@H]1c1ccccc1. The Morgan fingerprint density at radius 1 is 1.13 bits per heavy atom. The van der Waals surface area contributed by atoms with Gasteiger partial charge in [0.2, 0.25) is 0 Å². The van der Waals surface area contributed by atoms with E-state index < -0.39 is 17.4 Å². The molecule has 0 radical (unpaired) electrons. The molecular weight excluding hydrogens is 392 g/mol. The maximum atomic E-state index is 13.7. The van der Waals surface area contributed by atoms with Gasteiger partial charge in [-0.1, -0.05) is 41.6 Å². The third-order valence-corrected chi connectivity index (χ3v) is 5.18. The van der Waals surface area contributed by atoms with Crippen molar-refractivity contribution in [1.82, 2.24) is 15.0 Å². The molecule has 3 aromatic rings. The average Bonchev–Trinajstić information content (AvgIpc) is 3.23. The fourth-order valence-electron chi connectivity index (χ4n) is 3.50. The highest BCUT2D eigenvalue weighted by molar-refractivity contribution is 5.92. The highest BCUT2D eigenvalue weighted by Crippen LogP contribution is 2.25. The summed E-state index contributed by atoms with van der Waals surface area (Å²) in [7, 11) is 2.03. The van der Waals surface area contributed by atoms with E-state index in [0.29, 0.717) is 13.1 Å². The van der Waals surface area contributed by atoms with Crippen LogP contribution in [-0.4, -0.2) is 47.5 Å². The molecule has 1 atom stereocenters.